The van der Waals surface area contributed by atoms with Crippen LogP contribution in [0, 0.1) is 6.42 Å². The third-order valence-corrected chi connectivity index (χ3v) is 4.39. The monoisotopic (exact) mass is 307 g/mol. The molecule has 2 rings (SSSR count). The van der Waals surface area contributed by atoms with Crippen molar-refractivity contribution in [1.29, 1.82) is 0 Å². The quantitative estimate of drug-likeness (QED) is 0.901. The lowest BCUT2D eigenvalue weighted by Gasteiger charge is -2.35. The summed E-state index contributed by atoms with van der Waals surface area (Å²) in [4.78, 5) is 14.8. The van der Waals surface area contributed by atoms with Crippen molar-refractivity contribution in [3.8, 4) is 0 Å². The first-order chi connectivity index (χ1) is 10.1. The first-order valence-corrected chi connectivity index (χ1v) is 8.11. The van der Waals surface area contributed by atoms with E-state index in [2.05, 4.69) is 23.6 Å². The Hall–Kier alpha value is -1.06. The van der Waals surface area contributed by atoms with Crippen LogP contribution in [0.1, 0.15) is 44.6 Å². The molecule has 1 heterocycles. The number of amides is 1. The summed E-state index contributed by atoms with van der Waals surface area (Å²) in [6.45, 7) is 6.13. The zero-order valence-electron chi connectivity index (χ0n) is 12.8. The summed E-state index contributed by atoms with van der Waals surface area (Å²) in [5.41, 5.74) is 0.999. The fraction of sp³-hybridized carbons (Fsp3) is 0.529. The average Bonchev–Trinajstić information content (AvgIpc) is 2.53. The van der Waals surface area contributed by atoms with Crippen molar-refractivity contribution in [3.63, 3.8) is 0 Å². The van der Waals surface area contributed by atoms with Gasteiger partial charge >= 0.3 is 0 Å². The van der Waals surface area contributed by atoms with Crippen LogP contribution in [0.4, 0.5) is 0 Å². The third kappa shape index (κ3) is 4.45. The molecular formula is C17H24ClN2O. The molecule has 1 radical (unpaired) electrons. The summed E-state index contributed by atoms with van der Waals surface area (Å²) in [5, 5.41) is 3.89. The molecule has 115 valence electrons. The van der Waals surface area contributed by atoms with E-state index in [9.17, 15) is 4.79 Å². The lowest BCUT2D eigenvalue weighted by molar-refractivity contribution is -0.124. The molecule has 1 aliphatic rings. The van der Waals surface area contributed by atoms with E-state index in [1.54, 1.807) is 0 Å². The van der Waals surface area contributed by atoms with E-state index in [-0.39, 0.29) is 18.0 Å². The fourth-order valence-corrected chi connectivity index (χ4v) is 2.85. The van der Waals surface area contributed by atoms with Gasteiger partial charge in [0.25, 0.3) is 0 Å². The molecule has 0 spiro atoms. The predicted octanol–water partition coefficient (Wildman–Crippen LogP) is 3.60. The Morgan fingerprint density at radius 3 is 2.48 bits per heavy atom. The van der Waals surface area contributed by atoms with Crippen molar-refractivity contribution in [2.24, 2.45) is 0 Å². The van der Waals surface area contributed by atoms with E-state index in [4.69, 9.17) is 11.6 Å². The molecule has 21 heavy (non-hydrogen) atoms. The van der Waals surface area contributed by atoms with Gasteiger partial charge in [-0.05, 0) is 50.3 Å². The number of halogens is 1. The lowest BCUT2D eigenvalue weighted by Crippen LogP contribution is -2.50. The van der Waals surface area contributed by atoms with Crippen molar-refractivity contribution in [2.75, 3.05) is 13.1 Å². The van der Waals surface area contributed by atoms with E-state index >= 15 is 0 Å². The van der Waals surface area contributed by atoms with Crippen LogP contribution in [0.5, 0.6) is 0 Å². The van der Waals surface area contributed by atoms with Gasteiger partial charge in [0, 0.05) is 18.1 Å². The van der Waals surface area contributed by atoms with Gasteiger partial charge in [-0.1, -0.05) is 30.7 Å². The minimum atomic E-state index is -0.160. The number of carbonyl (C=O) groups excluding carboxylic acids is 1. The van der Waals surface area contributed by atoms with Crippen molar-refractivity contribution < 1.29 is 4.79 Å². The molecule has 1 N–H and O–H groups in total. The number of nitrogens with one attached hydrogen (secondary N) is 1. The summed E-state index contributed by atoms with van der Waals surface area (Å²) in [6.07, 6.45) is 5.61. The van der Waals surface area contributed by atoms with Crippen LogP contribution >= 0.6 is 11.6 Å². The van der Waals surface area contributed by atoms with Crippen LogP contribution < -0.4 is 5.32 Å². The van der Waals surface area contributed by atoms with Gasteiger partial charge in [-0.15, -0.1) is 0 Å². The second kappa shape index (κ2) is 7.81. The first-order valence-electron chi connectivity index (χ1n) is 7.73. The Morgan fingerprint density at radius 1 is 1.29 bits per heavy atom. The molecule has 1 fully saturated rings. The molecular weight excluding hydrogens is 284 g/mol. The van der Waals surface area contributed by atoms with Crippen LogP contribution in [0.3, 0.4) is 0 Å². The Kier molecular flexibility index (Phi) is 6.07. The minimum absolute atomic E-state index is 0.0822. The molecule has 1 aromatic carbocycles. The normalized spacial score (nSPS) is 19.0. The summed E-state index contributed by atoms with van der Waals surface area (Å²) in [6, 6.07) is 7.50. The van der Waals surface area contributed by atoms with E-state index in [1.807, 2.05) is 31.2 Å². The van der Waals surface area contributed by atoms with Crippen LogP contribution in [0.2, 0.25) is 5.02 Å². The summed E-state index contributed by atoms with van der Waals surface area (Å²) in [5.74, 6) is -0.0774. The first kappa shape index (κ1) is 16.3. The molecule has 4 heteroatoms. The molecule has 0 saturated carbocycles. The Bertz CT molecular complexity index is 454. The molecule has 2 atom stereocenters. The number of likely N-dealkylation sites (tertiary alicyclic amines) is 1. The molecule has 1 aromatic rings. The highest BCUT2D eigenvalue weighted by molar-refractivity contribution is 6.30. The van der Waals surface area contributed by atoms with Crippen LogP contribution in [-0.2, 0) is 4.79 Å². The molecule has 0 aromatic heterocycles. The van der Waals surface area contributed by atoms with E-state index in [0.717, 1.165) is 37.9 Å². The van der Waals surface area contributed by atoms with Gasteiger partial charge in [0.05, 0.1) is 12.1 Å². The minimum Gasteiger partial charge on any atom is -0.340 e. The smallest absolute Gasteiger partial charge is 0.228 e. The van der Waals surface area contributed by atoms with Crippen LogP contribution in [0.15, 0.2) is 24.3 Å². The number of hydrogen-bond acceptors (Lipinski definition) is 2. The van der Waals surface area contributed by atoms with E-state index < -0.39 is 0 Å². The number of nitrogens with zero attached hydrogens (tertiary/aromatic N) is 1. The maximum atomic E-state index is 12.5. The van der Waals surface area contributed by atoms with Crippen molar-refractivity contribution in [3.05, 3.63) is 41.3 Å². The van der Waals surface area contributed by atoms with Crippen molar-refractivity contribution >= 4 is 17.5 Å². The molecule has 1 aliphatic heterocycles. The van der Waals surface area contributed by atoms with Gasteiger partial charge in [0.2, 0.25) is 5.91 Å². The molecule has 2 unspecified atom stereocenters. The topological polar surface area (TPSA) is 32.3 Å². The summed E-state index contributed by atoms with van der Waals surface area (Å²) in [7, 11) is 0. The summed E-state index contributed by atoms with van der Waals surface area (Å²) < 4.78 is 0. The standard InChI is InChI=1S/C17H24ClN2O/c1-3-16(20-11-5-4-6-12-20)19-17(21)13(2)14-7-9-15(18)10-8-14/h4,7-10,13,16H,3,5-6,11-12H2,1-2H3,(H,19,21). The lowest BCUT2D eigenvalue weighted by atomic mass is 10.00. The predicted molar refractivity (Wildman–Crippen MR) is 87.2 cm³/mol. The Morgan fingerprint density at radius 2 is 1.90 bits per heavy atom. The average molecular weight is 308 g/mol. The van der Waals surface area contributed by atoms with Gasteiger partial charge in [-0.25, -0.2) is 0 Å². The van der Waals surface area contributed by atoms with Crippen LogP contribution in [-0.4, -0.2) is 30.1 Å². The number of hydrogen-bond donors (Lipinski definition) is 1. The largest absolute Gasteiger partial charge is 0.340 e. The molecule has 3 nitrogen and oxygen atoms in total. The fourth-order valence-electron chi connectivity index (χ4n) is 2.73. The highest BCUT2D eigenvalue weighted by Gasteiger charge is 2.23. The Balaban J connectivity index is 1.96. The molecule has 1 saturated heterocycles. The molecule has 1 amide bonds. The van der Waals surface area contributed by atoms with E-state index in [1.165, 1.54) is 0 Å². The van der Waals surface area contributed by atoms with Gasteiger partial charge in [-0.3, -0.25) is 9.69 Å². The zero-order valence-corrected chi connectivity index (χ0v) is 13.6. The van der Waals surface area contributed by atoms with Gasteiger partial charge in [-0.2, -0.15) is 0 Å². The second-order valence-electron chi connectivity index (χ2n) is 5.61. The van der Waals surface area contributed by atoms with Gasteiger partial charge < -0.3 is 5.32 Å². The molecule has 0 aliphatic carbocycles. The number of carbonyl (C=O) groups is 1. The Labute approximate surface area is 132 Å². The van der Waals surface area contributed by atoms with Crippen molar-refractivity contribution in [1.82, 2.24) is 10.2 Å². The number of benzene rings is 1. The molecule has 0 bridgehead atoms. The van der Waals surface area contributed by atoms with Crippen molar-refractivity contribution in [2.45, 2.75) is 45.2 Å². The summed E-state index contributed by atoms with van der Waals surface area (Å²) >= 11 is 5.89. The maximum Gasteiger partial charge on any atom is 0.228 e. The number of piperidine rings is 1. The maximum absolute atomic E-state index is 12.5. The number of rotatable bonds is 5. The zero-order chi connectivity index (χ0) is 15.2. The second-order valence-corrected chi connectivity index (χ2v) is 6.04. The van der Waals surface area contributed by atoms with E-state index in [0.29, 0.717) is 5.02 Å². The third-order valence-electron chi connectivity index (χ3n) is 4.14. The van der Waals surface area contributed by atoms with Gasteiger partial charge in [0.1, 0.15) is 0 Å². The SMILES string of the molecule is CCC(NC(=O)C(C)c1ccc(Cl)cc1)N1CC[CH]CC1. The van der Waals surface area contributed by atoms with Crippen LogP contribution in [0.25, 0.3) is 0 Å². The van der Waals surface area contributed by atoms with Gasteiger partial charge in [0.15, 0.2) is 0 Å². The highest BCUT2D eigenvalue weighted by atomic mass is 35.5. The highest BCUT2D eigenvalue weighted by Crippen LogP contribution is 2.19.